The van der Waals surface area contributed by atoms with E-state index < -0.39 is 0 Å². The molecule has 2 nitrogen and oxygen atoms in total. The van der Waals surface area contributed by atoms with Crippen LogP contribution in [0.15, 0.2) is 11.8 Å². The highest BCUT2D eigenvalue weighted by Gasteiger charge is 1.99. The second kappa shape index (κ2) is 1.90. The lowest BCUT2D eigenvalue weighted by molar-refractivity contribution is 1.40. The quantitative estimate of drug-likeness (QED) is 0.467. The van der Waals surface area contributed by atoms with Crippen molar-refractivity contribution < 1.29 is 0 Å². The van der Waals surface area contributed by atoms with E-state index in [4.69, 9.17) is 5.26 Å². The number of nitriles is 1. The third kappa shape index (κ3) is 0.875. The zero-order valence-corrected chi connectivity index (χ0v) is 4.46. The van der Waals surface area contributed by atoms with Gasteiger partial charge in [-0.15, -0.1) is 0 Å². The summed E-state index contributed by atoms with van der Waals surface area (Å²) in [6.45, 7) is 0. The van der Waals surface area contributed by atoms with Crippen LogP contribution in [0.3, 0.4) is 0 Å². The van der Waals surface area contributed by atoms with E-state index in [2.05, 4.69) is 4.72 Å². The number of rotatable bonds is 0. The first-order valence-electron chi connectivity index (χ1n) is 1.90. The van der Waals surface area contributed by atoms with E-state index in [1.54, 1.807) is 18.1 Å². The summed E-state index contributed by atoms with van der Waals surface area (Å²) < 4.78 is 2.86. The van der Waals surface area contributed by atoms with E-state index in [9.17, 15) is 0 Å². The van der Waals surface area contributed by atoms with E-state index in [1.165, 1.54) is 0 Å². The predicted octanol–water partition coefficient (Wildman–Crippen LogP) is 0.645. The van der Waals surface area contributed by atoms with Crippen molar-refractivity contribution in [1.29, 1.82) is 5.26 Å². The smallest absolute Gasteiger partial charge is 0.0972 e. The number of hydrogen-bond donors (Lipinski definition) is 1. The maximum Gasteiger partial charge on any atom is 0.0972 e. The molecule has 0 radical (unpaired) electrons. The first-order chi connectivity index (χ1) is 3.43. The third-order valence-electron chi connectivity index (χ3n) is 0.688. The van der Waals surface area contributed by atoms with Gasteiger partial charge in [-0.05, 0) is 11.9 Å². The molecule has 3 heteroatoms. The fraction of sp³-hybridized carbons (Fsp3) is 0.250. The Morgan fingerprint density at radius 1 is 2.00 bits per heavy atom. The molecular weight excluding hydrogens is 108 g/mol. The van der Waals surface area contributed by atoms with Gasteiger partial charge in [-0.1, -0.05) is 0 Å². The van der Waals surface area contributed by atoms with Gasteiger partial charge in [0.15, 0.2) is 0 Å². The lowest BCUT2D eigenvalue weighted by Crippen LogP contribution is -1.78. The Bertz CT molecular complexity index is 133. The van der Waals surface area contributed by atoms with Crippen molar-refractivity contribution in [2.24, 2.45) is 0 Å². The maximum absolute atomic E-state index is 8.19. The molecule has 0 amide bonds. The second-order valence-electron chi connectivity index (χ2n) is 1.19. The van der Waals surface area contributed by atoms with Crippen molar-refractivity contribution in [3.8, 4) is 6.07 Å². The standard InChI is InChI=1S/C4H4N2S/c5-1-4-2-6-7-3-4/h2,6H,3H2. The average Bonchev–Trinajstić information content (AvgIpc) is 2.14. The van der Waals surface area contributed by atoms with Crippen molar-refractivity contribution in [1.82, 2.24) is 4.72 Å². The normalized spacial score (nSPS) is 17.3. The topological polar surface area (TPSA) is 35.8 Å². The van der Waals surface area contributed by atoms with Gasteiger partial charge in [0.1, 0.15) is 0 Å². The van der Waals surface area contributed by atoms with E-state index in [-0.39, 0.29) is 0 Å². The highest BCUT2D eigenvalue weighted by atomic mass is 32.2. The summed E-state index contributed by atoms with van der Waals surface area (Å²) in [5.74, 6) is 0.816. The number of nitrogens with one attached hydrogen (secondary N) is 1. The molecule has 36 valence electrons. The molecule has 1 rings (SSSR count). The molecule has 7 heavy (non-hydrogen) atoms. The second-order valence-corrected chi connectivity index (χ2v) is 2.00. The zero-order valence-electron chi connectivity index (χ0n) is 3.64. The van der Waals surface area contributed by atoms with Crippen LogP contribution in [-0.2, 0) is 0 Å². The lowest BCUT2D eigenvalue weighted by atomic mass is 10.4. The molecule has 1 N–H and O–H groups in total. The lowest BCUT2D eigenvalue weighted by Gasteiger charge is -1.77. The van der Waals surface area contributed by atoms with Crippen LogP contribution in [0.5, 0.6) is 0 Å². The molecular formula is C4H4N2S. The van der Waals surface area contributed by atoms with Crippen molar-refractivity contribution in [3.05, 3.63) is 11.8 Å². The van der Waals surface area contributed by atoms with Gasteiger partial charge in [0.25, 0.3) is 0 Å². The molecule has 0 aromatic rings. The minimum Gasteiger partial charge on any atom is -0.335 e. The maximum atomic E-state index is 8.19. The minimum atomic E-state index is 0.816. The molecule has 0 saturated carbocycles. The van der Waals surface area contributed by atoms with Gasteiger partial charge in [0, 0.05) is 12.0 Å². The Morgan fingerprint density at radius 3 is 3.14 bits per heavy atom. The minimum absolute atomic E-state index is 0.816. The summed E-state index contributed by atoms with van der Waals surface area (Å²) in [4.78, 5) is 0. The molecule has 0 aromatic carbocycles. The van der Waals surface area contributed by atoms with Crippen LogP contribution >= 0.6 is 11.9 Å². The van der Waals surface area contributed by atoms with E-state index in [1.807, 2.05) is 6.07 Å². The Hall–Kier alpha value is -0.620. The molecule has 0 unspecified atom stereocenters. The molecule has 0 aromatic heterocycles. The average molecular weight is 112 g/mol. The predicted molar refractivity (Wildman–Crippen MR) is 29.3 cm³/mol. The highest BCUT2D eigenvalue weighted by molar-refractivity contribution is 7.97. The fourth-order valence-electron chi connectivity index (χ4n) is 0.338. The van der Waals surface area contributed by atoms with Crippen LogP contribution in [-0.4, -0.2) is 5.75 Å². The van der Waals surface area contributed by atoms with Gasteiger partial charge < -0.3 is 4.72 Å². The van der Waals surface area contributed by atoms with Crippen LogP contribution in [0.1, 0.15) is 0 Å². The molecule has 0 aliphatic carbocycles. The fourth-order valence-corrected chi connectivity index (χ4v) is 0.951. The van der Waals surface area contributed by atoms with Crippen LogP contribution in [0.2, 0.25) is 0 Å². The summed E-state index contributed by atoms with van der Waals surface area (Å²) in [6, 6.07) is 2.04. The van der Waals surface area contributed by atoms with Gasteiger partial charge in [0.2, 0.25) is 0 Å². The molecule has 0 fully saturated rings. The van der Waals surface area contributed by atoms with Gasteiger partial charge in [0.05, 0.1) is 11.6 Å². The number of hydrogen-bond acceptors (Lipinski definition) is 3. The van der Waals surface area contributed by atoms with Crippen LogP contribution in [0.25, 0.3) is 0 Å². The van der Waals surface area contributed by atoms with Gasteiger partial charge in [-0.3, -0.25) is 0 Å². The van der Waals surface area contributed by atoms with Crippen molar-refractivity contribution in [3.63, 3.8) is 0 Å². The van der Waals surface area contributed by atoms with Crippen LogP contribution in [0.4, 0.5) is 0 Å². The monoisotopic (exact) mass is 112 g/mol. The van der Waals surface area contributed by atoms with E-state index in [0.29, 0.717) is 0 Å². The van der Waals surface area contributed by atoms with Gasteiger partial charge >= 0.3 is 0 Å². The third-order valence-corrected chi connectivity index (χ3v) is 1.43. The summed E-state index contributed by atoms with van der Waals surface area (Å²) in [7, 11) is 0. The Labute approximate surface area is 46.3 Å². The Morgan fingerprint density at radius 2 is 2.86 bits per heavy atom. The van der Waals surface area contributed by atoms with Crippen LogP contribution < -0.4 is 4.72 Å². The molecule has 1 aliphatic heterocycles. The van der Waals surface area contributed by atoms with Crippen molar-refractivity contribution in [2.45, 2.75) is 0 Å². The number of nitrogens with zero attached hydrogens (tertiary/aromatic N) is 1. The van der Waals surface area contributed by atoms with Gasteiger partial charge in [-0.2, -0.15) is 5.26 Å². The highest BCUT2D eigenvalue weighted by Crippen LogP contribution is 2.08. The molecule has 0 spiro atoms. The summed E-state index contributed by atoms with van der Waals surface area (Å²) >= 11 is 1.54. The zero-order chi connectivity index (χ0) is 5.11. The molecule has 0 saturated heterocycles. The van der Waals surface area contributed by atoms with Crippen LogP contribution in [0, 0.1) is 11.3 Å². The Balaban J connectivity index is 2.57. The van der Waals surface area contributed by atoms with Crippen molar-refractivity contribution >= 4 is 11.9 Å². The summed E-state index contributed by atoms with van der Waals surface area (Å²) in [6.07, 6.45) is 1.73. The Kier molecular flexibility index (Phi) is 1.23. The first-order valence-corrected chi connectivity index (χ1v) is 2.88. The van der Waals surface area contributed by atoms with E-state index >= 15 is 0 Å². The largest absolute Gasteiger partial charge is 0.335 e. The molecule has 0 bridgehead atoms. The van der Waals surface area contributed by atoms with Crippen molar-refractivity contribution in [2.75, 3.05) is 5.75 Å². The molecule has 1 heterocycles. The van der Waals surface area contributed by atoms with E-state index in [0.717, 1.165) is 11.3 Å². The summed E-state index contributed by atoms with van der Waals surface area (Å²) in [5, 5.41) is 8.19. The molecule has 1 aliphatic rings. The summed E-state index contributed by atoms with van der Waals surface area (Å²) in [5.41, 5.74) is 0.824. The molecule has 0 atom stereocenters. The van der Waals surface area contributed by atoms with Gasteiger partial charge in [-0.25, -0.2) is 0 Å². The SMILES string of the molecule is N#CC1=CNSC1. The first kappa shape index (κ1) is 4.54.